The van der Waals surface area contributed by atoms with E-state index in [-0.39, 0.29) is 12.1 Å². The van der Waals surface area contributed by atoms with Crippen LogP contribution in [0, 0.1) is 13.8 Å². The second-order valence-corrected chi connectivity index (χ2v) is 6.66. The summed E-state index contributed by atoms with van der Waals surface area (Å²) in [6.45, 7) is 4.16. The first kappa shape index (κ1) is 17.1. The fourth-order valence-electron chi connectivity index (χ4n) is 3.32. The summed E-state index contributed by atoms with van der Waals surface area (Å²) in [5.41, 5.74) is 5.52. The molecule has 2 aromatic carbocycles. The molecule has 136 valence electrons. The molecular weight excluding hydrogens is 338 g/mol. The van der Waals surface area contributed by atoms with E-state index in [1.165, 1.54) is 11.1 Å². The van der Waals surface area contributed by atoms with Gasteiger partial charge in [-0.3, -0.25) is 14.7 Å². The van der Waals surface area contributed by atoms with Crippen LogP contribution >= 0.6 is 0 Å². The van der Waals surface area contributed by atoms with Gasteiger partial charge in [0, 0.05) is 17.6 Å². The van der Waals surface area contributed by atoms with Crippen LogP contribution in [-0.4, -0.2) is 18.0 Å². The maximum absolute atomic E-state index is 13.1. The van der Waals surface area contributed by atoms with Gasteiger partial charge in [-0.25, -0.2) is 0 Å². The van der Waals surface area contributed by atoms with Crippen molar-refractivity contribution in [2.24, 2.45) is 0 Å². The summed E-state index contributed by atoms with van der Waals surface area (Å²) in [6, 6.07) is 17.3. The summed E-state index contributed by atoms with van der Waals surface area (Å²) in [5, 5.41) is 3.48. The molecule has 0 unspecified atom stereocenters. The van der Waals surface area contributed by atoms with E-state index in [1.807, 2.05) is 36.4 Å². The summed E-state index contributed by atoms with van der Waals surface area (Å²) in [5.74, 6) is 0.685. The lowest BCUT2D eigenvalue weighted by Gasteiger charge is -2.27. The number of ether oxygens (including phenoxy) is 1. The van der Waals surface area contributed by atoms with Crippen LogP contribution in [0.2, 0.25) is 0 Å². The van der Waals surface area contributed by atoms with E-state index in [1.54, 1.807) is 24.3 Å². The summed E-state index contributed by atoms with van der Waals surface area (Å²) in [4.78, 5) is 19.3. The van der Waals surface area contributed by atoms with Crippen molar-refractivity contribution in [3.05, 3.63) is 83.2 Å². The van der Waals surface area contributed by atoms with E-state index in [4.69, 9.17) is 4.74 Å². The molecule has 0 radical (unpaired) electrons. The van der Waals surface area contributed by atoms with Crippen LogP contribution < -0.4 is 15.0 Å². The number of nitrogens with one attached hydrogen (secondary N) is 1. The number of anilines is 2. The number of aryl methyl sites for hydroxylation is 2. The number of fused-ring (bicyclic) bond motifs is 1. The fourth-order valence-corrected chi connectivity index (χ4v) is 3.32. The molecule has 2 heterocycles. The van der Waals surface area contributed by atoms with Crippen LogP contribution in [0.1, 0.15) is 33.3 Å². The predicted octanol–water partition coefficient (Wildman–Crippen LogP) is 4.48. The molecule has 1 N–H and O–H groups in total. The maximum atomic E-state index is 13.1. The van der Waals surface area contributed by atoms with Gasteiger partial charge in [0.05, 0.1) is 18.4 Å². The highest BCUT2D eigenvalue weighted by Crippen LogP contribution is 2.37. The second-order valence-electron chi connectivity index (χ2n) is 6.66. The molecule has 0 spiro atoms. The van der Waals surface area contributed by atoms with Crippen molar-refractivity contribution >= 4 is 17.3 Å². The molecule has 0 bridgehead atoms. The molecule has 5 nitrogen and oxygen atoms in total. The lowest BCUT2D eigenvalue weighted by molar-refractivity contribution is 0.0993. The number of carbonyl (C=O) groups is 1. The van der Waals surface area contributed by atoms with Crippen LogP contribution in [-0.2, 0) is 0 Å². The van der Waals surface area contributed by atoms with Gasteiger partial charge in [0.25, 0.3) is 5.91 Å². The predicted molar refractivity (Wildman–Crippen MR) is 106 cm³/mol. The third-order valence-electron chi connectivity index (χ3n) is 4.97. The number of amides is 1. The summed E-state index contributed by atoms with van der Waals surface area (Å²) in [6.07, 6.45) is 1.35. The Morgan fingerprint density at radius 3 is 2.52 bits per heavy atom. The zero-order chi connectivity index (χ0) is 19.0. The number of rotatable bonds is 4. The van der Waals surface area contributed by atoms with Gasteiger partial charge in [-0.1, -0.05) is 6.07 Å². The Kier molecular flexibility index (Phi) is 4.28. The Hall–Kier alpha value is -3.34. The normalized spacial score (nSPS) is 15.6. The number of methoxy groups -OCH3 is 1. The fraction of sp³-hybridized carbons (Fsp3) is 0.182. The molecule has 0 aliphatic carbocycles. The molecule has 27 heavy (non-hydrogen) atoms. The lowest BCUT2D eigenvalue weighted by atomic mass is 10.1. The van der Waals surface area contributed by atoms with Gasteiger partial charge in [-0.2, -0.15) is 0 Å². The van der Waals surface area contributed by atoms with Gasteiger partial charge in [0.1, 0.15) is 5.75 Å². The van der Waals surface area contributed by atoms with E-state index in [2.05, 4.69) is 36.3 Å². The monoisotopic (exact) mass is 359 g/mol. The van der Waals surface area contributed by atoms with Gasteiger partial charge >= 0.3 is 0 Å². The Morgan fingerprint density at radius 2 is 1.81 bits per heavy atom. The molecular formula is C22H21N3O2. The topological polar surface area (TPSA) is 54.5 Å². The van der Waals surface area contributed by atoms with Gasteiger partial charge in [0.2, 0.25) is 0 Å². The highest BCUT2D eigenvalue weighted by molar-refractivity contribution is 6.11. The number of pyridine rings is 1. The Bertz CT molecular complexity index is 999. The molecule has 3 aromatic rings. The largest absolute Gasteiger partial charge is 0.497 e. The number of hydrogen-bond acceptors (Lipinski definition) is 4. The minimum absolute atomic E-state index is 0.0652. The molecule has 1 aromatic heterocycles. The van der Waals surface area contributed by atoms with E-state index in [9.17, 15) is 4.79 Å². The SMILES string of the molecule is COc1ccc(N2C(=O)c3cccnc3[C@@H]2Nc2ccc(C)c(C)c2)cc1. The van der Waals surface area contributed by atoms with E-state index >= 15 is 0 Å². The molecule has 5 heteroatoms. The van der Waals surface area contributed by atoms with Crippen molar-refractivity contribution in [3.8, 4) is 5.75 Å². The Morgan fingerprint density at radius 1 is 1.04 bits per heavy atom. The Labute approximate surface area is 158 Å². The molecule has 0 saturated carbocycles. The van der Waals surface area contributed by atoms with Crippen molar-refractivity contribution in [1.82, 2.24) is 4.98 Å². The van der Waals surface area contributed by atoms with E-state index < -0.39 is 0 Å². The Balaban J connectivity index is 1.76. The van der Waals surface area contributed by atoms with Crippen molar-refractivity contribution in [3.63, 3.8) is 0 Å². The van der Waals surface area contributed by atoms with E-state index in [0.29, 0.717) is 5.56 Å². The zero-order valence-electron chi connectivity index (χ0n) is 15.6. The molecule has 4 rings (SSSR count). The molecule has 1 aliphatic heterocycles. The van der Waals surface area contributed by atoms with Gasteiger partial charge in [-0.15, -0.1) is 0 Å². The van der Waals surface area contributed by atoms with Crippen molar-refractivity contribution in [2.75, 3.05) is 17.3 Å². The third-order valence-corrected chi connectivity index (χ3v) is 4.97. The number of carbonyl (C=O) groups excluding carboxylic acids is 1. The summed E-state index contributed by atoms with van der Waals surface area (Å²) < 4.78 is 5.24. The van der Waals surface area contributed by atoms with Gasteiger partial charge in [0.15, 0.2) is 6.17 Å². The first-order valence-corrected chi connectivity index (χ1v) is 8.85. The average molecular weight is 359 g/mol. The van der Waals surface area contributed by atoms with Gasteiger partial charge in [-0.05, 0) is 73.5 Å². The zero-order valence-corrected chi connectivity index (χ0v) is 15.6. The molecule has 0 saturated heterocycles. The minimum atomic E-state index is -0.371. The maximum Gasteiger partial charge on any atom is 0.262 e. The van der Waals surface area contributed by atoms with Crippen molar-refractivity contribution in [1.29, 1.82) is 0 Å². The highest BCUT2D eigenvalue weighted by atomic mass is 16.5. The number of aromatic nitrogens is 1. The van der Waals surface area contributed by atoms with Crippen LogP contribution in [0.5, 0.6) is 5.75 Å². The third kappa shape index (κ3) is 3.01. The lowest BCUT2D eigenvalue weighted by Crippen LogP contribution is -2.32. The van der Waals surface area contributed by atoms with Crippen LogP contribution in [0.25, 0.3) is 0 Å². The van der Waals surface area contributed by atoms with E-state index in [0.717, 1.165) is 22.8 Å². The minimum Gasteiger partial charge on any atom is -0.497 e. The number of hydrogen-bond donors (Lipinski definition) is 1. The molecule has 1 amide bonds. The van der Waals surface area contributed by atoms with Crippen molar-refractivity contribution < 1.29 is 9.53 Å². The molecule has 0 fully saturated rings. The van der Waals surface area contributed by atoms with Crippen LogP contribution in [0.3, 0.4) is 0 Å². The smallest absolute Gasteiger partial charge is 0.262 e. The highest BCUT2D eigenvalue weighted by Gasteiger charge is 2.39. The summed E-state index contributed by atoms with van der Waals surface area (Å²) >= 11 is 0. The summed E-state index contributed by atoms with van der Waals surface area (Å²) in [7, 11) is 1.62. The van der Waals surface area contributed by atoms with Crippen LogP contribution in [0.4, 0.5) is 11.4 Å². The quantitative estimate of drug-likeness (QED) is 0.746. The average Bonchev–Trinajstić information content (AvgIpc) is 2.97. The molecule has 1 aliphatic rings. The number of nitrogens with zero attached hydrogens (tertiary/aromatic N) is 2. The van der Waals surface area contributed by atoms with Gasteiger partial charge < -0.3 is 10.1 Å². The first-order chi connectivity index (χ1) is 13.1. The van der Waals surface area contributed by atoms with Crippen molar-refractivity contribution in [2.45, 2.75) is 20.0 Å². The standard InChI is InChI=1S/C22H21N3O2/c1-14-6-7-16(13-15(14)2)24-21-20-19(5-4-12-23-20)22(26)25(21)17-8-10-18(27-3)11-9-17/h4-13,21,24H,1-3H3/t21-/m1/s1. The number of benzene rings is 2. The first-order valence-electron chi connectivity index (χ1n) is 8.85. The molecule has 1 atom stereocenters. The second kappa shape index (κ2) is 6.76. The van der Waals surface area contributed by atoms with Crippen LogP contribution in [0.15, 0.2) is 60.8 Å².